The van der Waals surface area contributed by atoms with Crippen molar-refractivity contribution in [3.8, 4) is 11.4 Å². The molecule has 0 bridgehead atoms. The van der Waals surface area contributed by atoms with Gasteiger partial charge >= 0.3 is 0 Å². The largest absolute Gasteiger partial charge is 0.448 e. The van der Waals surface area contributed by atoms with Gasteiger partial charge in [-0.05, 0) is 24.3 Å². The average Bonchev–Trinajstić information content (AvgIpc) is 3.09. The molecule has 122 valence electrons. The van der Waals surface area contributed by atoms with E-state index in [9.17, 15) is 4.79 Å². The Morgan fingerprint density at radius 3 is 2.88 bits per heavy atom. The molecular weight excluding hydrogens is 328 g/mol. The number of nitrogens with one attached hydrogen (secondary N) is 1. The van der Waals surface area contributed by atoms with E-state index in [0.717, 1.165) is 24.2 Å². The topological polar surface area (TPSA) is 75.0 Å². The first-order chi connectivity index (χ1) is 11.7. The smallest absolute Gasteiger partial charge is 0.255 e. The second-order valence-corrected chi connectivity index (χ2v) is 6.17. The Bertz CT molecular complexity index is 903. The van der Waals surface area contributed by atoms with Gasteiger partial charge in [-0.2, -0.15) is 0 Å². The molecule has 1 N–H and O–H groups in total. The van der Waals surface area contributed by atoms with Crippen LogP contribution < -0.4 is 5.56 Å². The summed E-state index contributed by atoms with van der Waals surface area (Å²) in [6, 6.07) is 7.28. The zero-order valence-electron chi connectivity index (χ0n) is 12.8. The van der Waals surface area contributed by atoms with E-state index in [1.807, 2.05) is 12.1 Å². The molecule has 0 saturated heterocycles. The third-order valence-corrected chi connectivity index (χ3v) is 4.36. The monoisotopic (exact) mass is 342 g/mol. The molecule has 1 aromatic carbocycles. The standard InChI is InChI=1S/C17H15ClN4O2/c18-12-3-1-11(2-4-12)16-20-14-5-7-22(9-13(14)17(23)21-16)10-15-19-6-8-24-15/h1-4,6,8H,5,7,9-10H2,(H,20,21,23). The molecule has 3 heterocycles. The van der Waals surface area contributed by atoms with Gasteiger partial charge in [-0.3, -0.25) is 9.69 Å². The van der Waals surface area contributed by atoms with E-state index in [1.165, 1.54) is 0 Å². The van der Waals surface area contributed by atoms with Crippen molar-refractivity contribution in [1.29, 1.82) is 0 Å². The Morgan fingerprint density at radius 1 is 1.29 bits per heavy atom. The van der Waals surface area contributed by atoms with Gasteiger partial charge in [0.2, 0.25) is 5.89 Å². The van der Waals surface area contributed by atoms with Crippen LogP contribution in [0.15, 0.2) is 45.9 Å². The number of H-pyrrole nitrogens is 1. The third kappa shape index (κ3) is 2.98. The van der Waals surface area contributed by atoms with Crippen LogP contribution in [0.1, 0.15) is 17.1 Å². The number of hydrogen-bond acceptors (Lipinski definition) is 5. The summed E-state index contributed by atoms with van der Waals surface area (Å²) in [5, 5.41) is 0.654. The average molecular weight is 343 g/mol. The van der Waals surface area contributed by atoms with Crippen molar-refractivity contribution < 1.29 is 4.42 Å². The van der Waals surface area contributed by atoms with Crippen molar-refractivity contribution in [2.24, 2.45) is 0 Å². The molecule has 0 saturated carbocycles. The molecule has 1 aliphatic rings. The van der Waals surface area contributed by atoms with Gasteiger partial charge in [0, 0.05) is 30.1 Å². The molecule has 0 atom stereocenters. The van der Waals surface area contributed by atoms with Crippen LogP contribution in [-0.2, 0) is 19.5 Å². The number of oxazole rings is 1. The first-order valence-corrected chi connectivity index (χ1v) is 8.05. The van der Waals surface area contributed by atoms with Gasteiger partial charge < -0.3 is 9.40 Å². The van der Waals surface area contributed by atoms with Gasteiger partial charge in [-0.15, -0.1) is 0 Å². The Hall–Kier alpha value is -2.44. The first kappa shape index (κ1) is 15.1. The summed E-state index contributed by atoms with van der Waals surface area (Å²) in [6.07, 6.45) is 3.90. The third-order valence-electron chi connectivity index (χ3n) is 4.11. The zero-order chi connectivity index (χ0) is 16.5. The lowest BCUT2D eigenvalue weighted by molar-refractivity contribution is 0.218. The summed E-state index contributed by atoms with van der Waals surface area (Å²) in [4.78, 5) is 26.3. The van der Waals surface area contributed by atoms with Crippen LogP contribution in [0.25, 0.3) is 11.4 Å². The normalized spacial score (nSPS) is 14.5. The number of nitrogens with zero attached hydrogens (tertiary/aromatic N) is 3. The highest BCUT2D eigenvalue weighted by molar-refractivity contribution is 6.30. The van der Waals surface area contributed by atoms with Crippen LogP contribution in [0.2, 0.25) is 5.02 Å². The summed E-state index contributed by atoms with van der Waals surface area (Å²) < 4.78 is 5.28. The van der Waals surface area contributed by atoms with Gasteiger partial charge in [0.1, 0.15) is 12.1 Å². The maximum absolute atomic E-state index is 12.5. The number of benzene rings is 1. The minimum absolute atomic E-state index is 0.0953. The molecular formula is C17H15ClN4O2. The van der Waals surface area contributed by atoms with E-state index in [0.29, 0.717) is 35.4 Å². The summed E-state index contributed by atoms with van der Waals surface area (Å²) in [7, 11) is 0. The second-order valence-electron chi connectivity index (χ2n) is 5.73. The molecule has 0 amide bonds. The van der Waals surface area contributed by atoms with E-state index < -0.39 is 0 Å². The van der Waals surface area contributed by atoms with Gasteiger partial charge in [0.15, 0.2) is 0 Å². The van der Waals surface area contributed by atoms with Crippen molar-refractivity contribution in [2.75, 3.05) is 6.54 Å². The van der Waals surface area contributed by atoms with E-state index in [2.05, 4.69) is 19.9 Å². The summed E-state index contributed by atoms with van der Waals surface area (Å²) in [6.45, 7) is 1.94. The minimum Gasteiger partial charge on any atom is -0.448 e. The van der Waals surface area contributed by atoms with E-state index in [-0.39, 0.29) is 5.56 Å². The molecule has 2 aromatic heterocycles. The number of aromatic nitrogens is 3. The summed E-state index contributed by atoms with van der Waals surface area (Å²) in [5.74, 6) is 1.23. The Kier molecular flexibility index (Phi) is 3.92. The maximum atomic E-state index is 12.5. The predicted octanol–water partition coefficient (Wildman–Crippen LogP) is 2.64. The molecule has 1 aliphatic heterocycles. The highest BCUT2D eigenvalue weighted by Crippen LogP contribution is 2.21. The Morgan fingerprint density at radius 2 is 2.12 bits per heavy atom. The molecule has 0 aliphatic carbocycles. The maximum Gasteiger partial charge on any atom is 0.255 e. The molecule has 7 heteroatoms. The predicted molar refractivity (Wildman–Crippen MR) is 89.6 cm³/mol. The zero-order valence-corrected chi connectivity index (χ0v) is 13.6. The molecule has 3 aromatic rings. The van der Waals surface area contributed by atoms with Crippen molar-refractivity contribution in [2.45, 2.75) is 19.5 Å². The van der Waals surface area contributed by atoms with Crippen molar-refractivity contribution in [3.05, 3.63) is 69.3 Å². The Balaban J connectivity index is 1.61. The lowest BCUT2D eigenvalue weighted by Gasteiger charge is -2.26. The summed E-state index contributed by atoms with van der Waals surface area (Å²) in [5.41, 5.74) is 2.32. The van der Waals surface area contributed by atoms with E-state index >= 15 is 0 Å². The van der Waals surface area contributed by atoms with E-state index in [4.69, 9.17) is 16.0 Å². The van der Waals surface area contributed by atoms with Crippen LogP contribution in [0.5, 0.6) is 0 Å². The lowest BCUT2D eigenvalue weighted by Crippen LogP contribution is -2.35. The van der Waals surface area contributed by atoms with Gasteiger partial charge in [-0.1, -0.05) is 11.6 Å². The number of aromatic amines is 1. The number of rotatable bonds is 3. The highest BCUT2D eigenvalue weighted by Gasteiger charge is 2.22. The lowest BCUT2D eigenvalue weighted by atomic mass is 10.1. The van der Waals surface area contributed by atoms with Crippen LogP contribution in [0, 0.1) is 0 Å². The molecule has 6 nitrogen and oxygen atoms in total. The van der Waals surface area contributed by atoms with Crippen LogP contribution in [-0.4, -0.2) is 26.4 Å². The fraction of sp³-hybridized carbons (Fsp3) is 0.235. The first-order valence-electron chi connectivity index (χ1n) is 7.68. The molecule has 0 radical (unpaired) electrons. The van der Waals surface area contributed by atoms with E-state index in [1.54, 1.807) is 24.6 Å². The van der Waals surface area contributed by atoms with Gasteiger partial charge in [-0.25, -0.2) is 9.97 Å². The fourth-order valence-corrected chi connectivity index (χ4v) is 3.01. The molecule has 0 spiro atoms. The van der Waals surface area contributed by atoms with Crippen molar-refractivity contribution >= 4 is 11.6 Å². The van der Waals surface area contributed by atoms with Gasteiger partial charge in [0.05, 0.1) is 24.0 Å². The molecule has 24 heavy (non-hydrogen) atoms. The fourth-order valence-electron chi connectivity index (χ4n) is 2.88. The Labute approximate surface area is 143 Å². The van der Waals surface area contributed by atoms with Crippen LogP contribution in [0.3, 0.4) is 0 Å². The number of halogens is 1. The van der Waals surface area contributed by atoms with Crippen molar-refractivity contribution in [1.82, 2.24) is 19.9 Å². The van der Waals surface area contributed by atoms with Crippen LogP contribution in [0.4, 0.5) is 0 Å². The van der Waals surface area contributed by atoms with Crippen LogP contribution >= 0.6 is 11.6 Å². The van der Waals surface area contributed by atoms with Gasteiger partial charge in [0.25, 0.3) is 5.56 Å². The minimum atomic E-state index is -0.0953. The summed E-state index contributed by atoms with van der Waals surface area (Å²) >= 11 is 5.91. The second kappa shape index (κ2) is 6.22. The number of fused-ring (bicyclic) bond motifs is 1. The molecule has 0 fully saturated rings. The molecule has 0 unspecified atom stereocenters. The quantitative estimate of drug-likeness (QED) is 0.792. The molecule has 4 rings (SSSR count). The SMILES string of the molecule is O=c1[nH]c(-c2ccc(Cl)cc2)nc2c1CN(Cc1ncco1)CC2. The number of hydrogen-bond donors (Lipinski definition) is 1. The highest BCUT2D eigenvalue weighted by atomic mass is 35.5. The van der Waals surface area contributed by atoms with Crippen molar-refractivity contribution in [3.63, 3.8) is 0 Å².